The number of fused-ring (bicyclic) bond motifs is 7. The molecule has 0 spiro atoms. The van der Waals surface area contributed by atoms with Crippen LogP contribution in [0.15, 0.2) is 273 Å². The van der Waals surface area contributed by atoms with Crippen LogP contribution in [-0.2, 0) is 5.41 Å². The molecule has 12 aromatic carbocycles. The summed E-state index contributed by atoms with van der Waals surface area (Å²) < 4.78 is 0. The van der Waals surface area contributed by atoms with Crippen LogP contribution in [0.4, 0.5) is 17.1 Å². The van der Waals surface area contributed by atoms with Crippen LogP contribution in [0.25, 0.3) is 76.8 Å². The number of para-hydroxylation sites is 1. The van der Waals surface area contributed by atoms with Crippen molar-refractivity contribution in [3.05, 3.63) is 295 Å². The number of rotatable bonds is 8. The summed E-state index contributed by atoms with van der Waals surface area (Å²) in [4.78, 5) is 2.58. The molecule has 0 heterocycles. The van der Waals surface area contributed by atoms with E-state index in [0.717, 1.165) is 28.2 Å². The summed E-state index contributed by atoms with van der Waals surface area (Å²) in [6.07, 6.45) is 0. The summed E-state index contributed by atoms with van der Waals surface area (Å²) in [5.41, 5.74) is 17.3. The van der Waals surface area contributed by atoms with Crippen molar-refractivity contribution in [1.82, 2.24) is 0 Å². The van der Waals surface area contributed by atoms with E-state index in [4.69, 9.17) is 0 Å². The number of hydrogen-bond donors (Lipinski definition) is 0. The third-order valence-electron chi connectivity index (χ3n) is 14.3. The summed E-state index contributed by atoms with van der Waals surface area (Å²) in [7, 11) is 0. The molecule has 0 aliphatic heterocycles. The molecule has 1 heteroatoms. The molecule has 1 aliphatic carbocycles. The molecule has 12 aromatic rings. The van der Waals surface area contributed by atoms with Gasteiger partial charge in [-0.25, -0.2) is 0 Å². The molecule has 0 fully saturated rings. The Balaban J connectivity index is 1.17. The van der Waals surface area contributed by atoms with Gasteiger partial charge in [-0.2, -0.15) is 0 Å². The van der Waals surface area contributed by atoms with Crippen LogP contribution >= 0.6 is 0 Å². The minimum absolute atomic E-state index is 0.634. The fraction of sp³-hybridized carbons (Fsp3) is 0.0149. The molecule has 318 valence electrons. The first-order valence-corrected chi connectivity index (χ1v) is 23.6. The summed E-state index contributed by atoms with van der Waals surface area (Å²) in [6.45, 7) is 0. The normalized spacial score (nSPS) is 12.5. The van der Waals surface area contributed by atoms with Crippen LogP contribution in [0.2, 0.25) is 0 Å². The smallest absolute Gasteiger partial charge is 0.0714 e. The molecule has 0 N–H and O–H groups in total. The highest BCUT2D eigenvalue weighted by molar-refractivity contribution is 6.23. The highest BCUT2D eigenvalue weighted by Crippen LogP contribution is 2.59. The molecule has 0 atom stereocenters. The van der Waals surface area contributed by atoms with E-state index < -0.39 is 5.41 Å². The van der Waals surface area contributed by atoms with Crippen LogP contribution in [0, 0.1) is 0 Å². The molecule has 0 aromatic heterocycles. The molecule has 0 radical (unpaired) electrons. The summed E-state index contributed by atoms with van der Waals surface area (Å²) in [5.74, 6) is 0. The summed E-state index contributed by atoms with van der Waals surface area (Å²) >= 11 is 0. The monoisotopic (exact) mass is 863 g/mol. The fourth-order valence-corrected chi connectivity index (χ4v) is 11.3. The lowest BCUT2D eigenvalue weighted by Gasteiger charge is -2.36. The first-order chi connectivity index (χ1) is 33.8. The van der Waals surface area contributed by atoms with Crippen LogP contribution < -0.4 is 4.90 Å². The SMILES string of the molecule is c1ccc(-c2ccc3c(c2)C(c2ccccc2)(c2ccccc2)c2cc(N(c4ccccc4-c4ccccc4)c4c(-c5ccc6ccccc6c5)c5ccccc5c5ccccc45)ccc2-3)cc1. The molecule has 13 rings (SSSR count). The van der Waals surface area contributed by atoms with E-state index in [0.29, 0.717) is 0 Å². The third-order valence-corrected chi connectivity index (χ3v) is 14.3. The maximum Gasteiger partial charge on any atom is 0.0714 e. The average Bonchev–Trinajstić information content (AvgIpc) is 3.71. The number of anilines is 3. The molecule has 68 heavy (non-hydrogen) atoms. The molecule has 0 bridgehead atoms. The van der Waals surface area contributed by atoms with E-state index in [2.05, 4.69) is 278 Å². The van der Waals surface area contributed by atoms with E-state index in [1.165, 1.54) is 88.0 Å². The molecule has 0 amide bonds. The summed E-state index contributed by atoms with van der Waals surface area (Å²) in [6, 6.07) is 101. The average molecular weight is 864 g/mol. The lowest BCUT2D eigenvalue weighted by molar-refractivity contribution is 0.768. The minimum atomic E-state index is -0.634. The van der Waals surface area contributed by atoms with Crippen LogP contribution in [0.1, 0.15) is 22.3 Å². The van der Waals surface area contributed by atoms with Crippen LogP contribution in [0.5, 0.6) is 0 Å². The Bertz CT molecular complexity index is 3800. The Morgan fingerprint density at radius 3 is 1.47 bits per heavy atom. The number of benzene rings is 12. The van der Waals surface area contributed by atoms with Crippen molar-refractivity contribution in [2.75, 3.05) is 4.90 Å². The first-order valence-electron chi connectivity index (χ1n) is 23.6. The van der Waals surface area contributed by atoms with Gasteiger partial charge in [0.2, 0.25) is 0 Å². The zero-order valence-corrected chi connectivity index (χ0v) is 37.4. The van der Waals surface area contributed by atoms with Gasteiger partial charge in [0, 0.05) is 22.2 Å². The minimum Gasteiger partial charge on any atom is -0.309 e. The second-order valence-electron chi connectivity index (χ2n) is 17.9. The van der Waals surface area contributed by atoms with Gasteiger partial charge >= 0.3 is 0 Å². The predicted molar refractivity (Wildman–Crippen MR) is 287 cm³/mol. The Labute approximate surface area is 397 Å². The molecule has 0 saturated heterocycles. The van der Waals surface area contributed by atoms with Crippen LogP contribution in [-0.4, -0.2) is 0 Å². The maximum atomic E-state index is 2.58. The van der Waals surface area contributed by atoms with Gasteiger partial charge < -0.3 is 4.90 Å². The van der Waals surface area contributed by atoms with E-state index in [-0.39, 0.29) is 0 Å². The highest BCUT2D eigenvalue weighted by atomic mass is 15.1. The van der Waals surface area contributed by atoms with Gasteiger partial charge in [0.05, 0.1) is 16.8 Å². The van der Waals surface area contributed by atoms with E-state index in [9.17, 15) is 0 Å². The van der Waals surface area contributed by atoms with Gasteiger partial charge in [0.1, 0.15) is 0 Å². The van der Waals surface area contributed by atoms with E-state index in [1.54, 1.807) is 0 Å². The lowest BCUT2D eigenvalue weighted by Crippen LogP contribution is -2.29. The topological polar surface area (TPSA) is 3.24 Å². The Kier molecular flexibility index (Phi) is 9.47. The largest absolute Gasteiger partial charge is 0.309 e. The first kappa shape index (κ1) is 39.6. The third kappa shape index (κ3) is 6.24. The van der Waals surface area contributed by atoms with E-state index >= 15 is 0 Å². The molecular weight excluding hydrogens is 819 g/mol. The summed E-state index contributed by atoms with van der Waals surface area (Å²) in [5, 5.41) is 7.28. The van der Waals surface area contributed by atoms with Gasteiger partial charge in [-0.3, -0.25) is 0 Å². The highest BCUT2D eigenvalue weighted by Gasteiger charge is 2.47. The molecule has 1 aliphatic rings. The van der Waals surface area contributed by atoms with Gasteiger partial charge in [0.15, 0.2) is 0 Å². The second kappa shape index (κ2) is 16.3. The van der Waals surface area contributed by atoms with Crippen molar-refractivity contribution in [2.24, 2.45) is 0 Å². The van der Waals surface area contributed by atoms with Gasteiger partial charge in [-0.15, -0.1) is 0 Å². The molecule has 0 saturated carbocycles. The van der Waals surface area contributed by atoms with Gasteiger partial charge in [0.25, 0.3) is 0 Å². The zero-order chi connectivity index (χ0) is 45.0. The maximum absolute atomic E-state index is 2.58. The van der Waals surface area contributed by atoms with Crippen molar-refractivity contribution in [3.63, 3.8) is 0 Å². The predicted octanol–water partition coefficient (Wildman–Crippen LogP) is 18.0. The van der Waals surface area contributed by atoms with Crippen molar-refractivity contribution >= 4 is 49.4 Å². The lowest BCUT2D eigenvalue weighted by atomic mass is 9.67. The van der Waals surface area contributed by atoms with Crippen molar-refractivity contribution < 1.29 is 0 Å². The van der Waals surface area contributed by atoms with Gasteiger partial charge in [-0.1, -0.05) is 243 Å². The van der Waals surface area contributed by atoms with Crippen molar-refractivity contribution in [1.29, 1.82) is 0 Å². The fourth-order valence-electron chi connectivity index (χ4n) is 11.3. The Morgan fingerprint density at radius 2 is 0.779 bits per heavy atom. The zero-order valence-electron chi connectivity index (χ0n) is 37.4. The van der Waals surface area contributed by atoms with E-state index in [1.807, 2.05) is 0 Å². The number of hydrogen-bond acceptors (Lipinski definition) is 1. The second-order valence-corrected chi connectivity index (χ2v) is 17.9. The molecule has 0 unspecified atom stereocenters. The quantitative estimate of drug-likeness (QED) is 0.138. The Hall–Kier alpha value is -8.78. The number of nitrogens with zero attached hydrogens (tertiary/aromatic N) is 1. The van der Waals surface area contributed by atoms with Crippen molar-refractivity contribution in [3.8, 4) is 44.5 Å². The van der Waals surface area contributed by atoms with Crippen LogP contribution in [0.3, 0.4) is 0 Å². The molecular formula is C67H45N. The van der Waals surface area contributed by atoms with Crippen molar-refractivity contribution in [2.45, 2.75) is 5.41 Å². The standard InChI is InChI=1S/C67H45N/c1-5-21-46(22-6-1)50-39-41-58-59-42-40-54(45-63(59)67(62(58)44-50,52-27-9-3-10-28-52)53-29-11-4-12-30-53)68(64-36-20-19-31-55(64)48-24-7-2-8-25-48)66-61-35-18-16-33-57(61)56-32-15-17-34-60(56)65(66)51-38-37-47-23-13-14-26-49(47)43-51/h1-45H. The van der Waals surface area contributed by atoms with Gasteiger partial charge in [-0.05, 0) is 113 Å². The molecule has 1 nitrogen and oxygen atoms in total. The Morgan fingerprint density at radius 1 is 0.279 bits per heavy atom.